The van der Waals surface area contributed by atoms with Crippen LogP contribution in [-0.2, 0) is 15.1 Å². The first-order chi connectivity index (χ1) is 14.5. The summed E-state index contributed by atoms with van der Waals surface area (Å²) >= 11 is 0. The fraction of sp³-hybridized carbons (Fsp3) is 0.167. The second-order valence-corrected chi connectivity index (χ2v) is 7.69. The number of esters is 1. The molecule has 0 fully saturated rings. The van der Waals surface area contributed by atoms with Gasteiger partial charge in [0.05, 0.1) is 5.56 Å². The lowest BCUT2D eigenvalue weighted by atomic mass is 9.77. The molecule has 0 bridgehead atoms. The molecule has 0 aromatic heterocycles. The Morgan fingerprint density at radius 1 is 0.833 bits per heavy atom. The van der Waals surface area contributed by atoms with E-state index in [1.807, 2.05) is 73.6 Å². The van der Waals surface area contributed by atoms with Crippen LogP contribution in [0.4, 0.5) is 11.4 Å². The minimum Gasteiger partial charge on any atom is -0.456 e. The van der Waals surface area contributed by atoms with E-state index in [-0.39, 0.29) is 5.97 Å². The van der Waals surface area contributed by atoms with E-state index >= 15 is 0 Å². The first-order valence-corrected chi connectivity index (χ1v) is 9.61. The van der Waals surface area contributed by atoms with Gasteiger partial charge in [-0.15, -0.1) is 0 Å². The van der Waals surface area contributed by atoms with E-state index in [0.29, 0.717) is 28.3 Å². The Morgan fingerprint density at radius 3 is 2.37 bits per heavy atom. The molecule has 6 nitrogen and oxygen atoms in total. The average molecular weight is 400 g/mol. The molecule has 3 aromatic carbocycles. The van der Waals surface area contributed by atoms with Crippen molar-refractivity contribution in [3.05, 3.63) is 82.9 Å². The van der Waals surface area contributed by atoms with Crippen LogP contribution < -0.4 is 14.5 Å². The maximum Gasteiger partial charge on any atom is 0.340 e. The van der Waals surface area contributed by atoms with Crippen molar-refractivity contribution in [2.75, 3.05) is 30.9 Å². The molecule has 2 heterocycles. The molecule has 5 rings (SSSR count). The van der Waals surface area contributed by atoms with Gasteiger partial charge in [-0.1, -0.05) is 18.2 Å². The molecule has 1 amide bonds. The molecule has 6 heteroatoms. The van der Waals surface area contributed by atoms with Crippen LogP contribution >= 0.6 is 0 Å². The fourth-order valence-electron chi connectivity index (χ4n) is 4.21. The number of fused-ring (bicyclic) bond motifs is 6. The van der Waals surface area contributed by atoms with Gasteiger partial charge in [-0.2, -0.15) is 0 Å². The lowest BCUT2D eigenvalue weighted by molar-refractivity contribution is -0.107. The smallest absolute Gasteiger partial charge is 0.340 e. The Hall–Kier alpha value is -3.80. The third kappa shape index (κ3) is 2.37. The summed E-state index contributed by atoms with van der Waals surface area (Å²) in [7, 11) is 5.60. The van der Waals surface area contributed by atoms with Gasteiger partial charge < -0.3 is 19.3 Å². The van der Waals surface area contributed by atoms with Crippen molar-refractivity contribution in [3.8, 4) is 11.5 Å². The SMILES string of the molecule is CN(C)c1ccc2c(c1)Oc1ccc(N(C)C=O)cc1C21OC(=O)c2ccccc21. The zero-order chi connectivity index (χ0) is 21.0. The van der Waals surface area contributed by atoms with Crippen molar-refractivity contribution < 1.29 is 19.1 Å². The molecule has 2 aliphatic rings. The Morgan fingerprint density at radius 2 is 1.60 bits per heavy atom. The van der Waals surface area contributed by atoms with E-state index in [1.165, 1.54) is 4.90 Å². The van der Waals surface area contributed by atoms with E-state index in [0.717, 1.165) is 23.2 Å². The van der Waals surface area contributed by atoms with Crippen LogP contribution in [0.3, 0.4) is 0 Å². The lowest BCUT2D eigenvalue weighted by Gasteiger charge is -2.37. The maximum absolute atomic E-state index is 12.9. The van der Waals surface area contributed by atoms with Crippen LogP contribution in [0.25, 0.3) is 0 Å². The Labute approximate surface area is 174 Å². The molecule has 30 heavy (non-hydrogen) atoms. The van der Waals surface area contributed by atoms with E-state index in [2.05, 4.69) is 0 Å². The van der Waals surface area contributed by atoms with Gasteiger partial charge >= 0.3 is 5.97 Å². The van der Waals surface area contributed by atoms with Crippen molar-refractivity contribution in [2.24, 2.45) is 0 Å². The van der Waals surface area contributed by atoms with Crippen LogP contribution in [0.15, 0.2) is 60.7 Å². The fourth-order valence-corrected chi connectivity index (χ4v) is 4.21. The summed E-state index contributed by atoms with van der Waals surface area (Å²) in [5, 5.41) is 0. The molecule has 3 aromatic rings. The second kappa shape index (κ2) is 6.35. The highest BCUT2D eigenvalue weighted by Crippen LogP contribution is 2.56. The van der Waals surface area contributed by atoms with Gasteiger partial charge in [0.1, 0.15) is 11.5 Å². The molecular weight excluding hydrogens is 380 g/mol. The van der Waals surface area contributed by atoms with Gasteiger partial charge in [-0.3, -0.25) is 4.79 Å². The quantitative estimate of drug-likeness (QED) is 0.493. The highest BCUT2D eigenvalue weighted by Gasteiger charge is 2.53. The summed E-state index contributed by atoms with van der Waals surface area (Å²) in [6.07, 6.45) is 0.740. The molecule has 0 N–H and O–H groups in total. The number of amides is 1. The normalized spacial score (nSPS) is 18.0. The number of benzene rings is 3. The van der Waals surface area contributed by atoms with Crippen LogP contribution in [0, 0.1) is 0 Å². The van der Waals surface area contributed by atoms with Crippen molar-refractivity contribution in [3.63, 3.8) is 0 Å². The number of rotatable bonds is 3. The number of hydrogen-bond acceptors (Lipinski definition) is 5. The first kappa shape index (κ1) is 18.2. The molecule has 0 aliphatic carbocycles. The summed E-state index contributed by atoms with van der Waals surface area (Å²) in [4.78, 5) is 27.7. The number of nitrogens with zero attached hydrogens (tertiary/aromatic N) is 2. The number of carbonyl (C=O) groups is 2. The van der Waals surface area contributed by atoms with Gasteiger partial charge in [0.25, 0.3) is 0 Å². The predicted octanol–water partition coefficient (Wildman–Crippen LogP) is 3.91. The molecule has 1 atom stereocenters. The summed E-state index contributed by atoms with van der Waals surface area (Å²) in [6.45, 7) is 0. The van der Waals surface area contributed by atoms with Crippen LogP contribution in [0.5, 0.6) is 11.5 Å². The Balaban J connectivity index is 1.84. The molecule has 150 valence electrons. The second-order valence-electron chi connectivity index (χ2n) is 7.69. The topological polar surface area (TPSA) is 59.1 Å². The van der Waals surface area contributed by atoms with E-state index < -0.39 is 5.60 Å². The molecule has 0 radical (unpaired) electrons. The van der Waals surface area contributed by atoms with Gasteiger partial charge in [0.15, 0.2) is 5.60 Å². The average Bonchev–Trinajstić information content (AvgIpc) is 3.06. The summed E-state index contributed by atoms with van der Waals surface area (Å²) in [5.74, 6) is 0.843. The lowest BCUT2D eigenvalue weighted by Crippen LogP contribution is -2.33. The molecule has 1 unspecified atom stereocenters. The Bertz CT molecular complexity index is 1200. The molecule has 0 saturated carbocycles. The van der Waals surface area contributed by atoms with Crippen molar-refractivity contribution >= 4 is 23.8 Å². The number of hydrogen-bond donors (Lipinski definition) is 0. The zero-order valence-corrected chi connectivity index (χ0v) is 16.9. The van der Waals surface area contributed by atoms with Gasteiger partial charge in [0, 0.05) is 55.3 Å². The third-order valence-corrected chi connectivity index (χ3v) is 5.76. The van der Waals surface area contributed by atoms with E-state index in [9.17, 15) is 9.59 Å². The van der Waals surface area contributed by atoms with Crippen LogP contribution in [0.1, 0.15) is 27.0 Å². The van der Waals surface area contributed by atoms with E-state index in [1.54, 1.807) is 13.1 Å². The number of ether oxygens (including phenoxy) is 2. The monoisotopic (exact) mass is 400 g/mol. The predicted molar refractivity (Wildman–Crippen MR) is 113 cm³/mol. The van der Waals surface area contributed by atoms with Crippen molar-refractivity contribution in [2.45, 2.75) is 5.60 Å². The third-order valence-electron chi connectivity index (χ3n) is 5.76. The minimum absolute atomic E-state index is 0.379. The summed E-state index contributed by atoms with van der Waals surface area (Å²) < 4.78 is 12.4. The first-order valence-electron chi connectivity index (χ1n) is 9.61. The van der Waals surface area contributed by atoms with Crippen LogP contribution in [0.2, 0.25) is 0 Å². The number of anilines is 2. The van der Waals surface area contributed by atoms with Crippen LogP contribution in [-0.4, -0.2) is 33.5 Å². The molecule has 2 aliphatic heterocycles. The number of carbonyl (C=O) groups excluding carboxylic acids is 2. The highest BCUT2D eigenvalue weighted by molar-refractivity contribution is 5.97. The van der Waals surface area contributed by atoms with Gasteiger partial charge in [0.2, 0.25) is 6.41 Å². The maximum atomic E-state index is 12.9. The standard InChI is InChI=1S/C24H20N2O4/c1-25(2)15-8-10-19-22(13-15)29-21-11-9-16(26(3)14-27)12-20(21)24(19)18-7-5-4-6-17(18)23(28)30-24/h4-14H,1-3H3. The van der Waals surface area contributed by atoms with Gasteiger partial charge in [-0.05, 0) is 36.4 Å². The molecule has 0 saturated heterocycles. The van der Waals surface area contributed by atoms with E-state index in [4.69, 9.17) is 9.47 Å². The summed E-state index contributed by atoms with van der Waals surface area (Å²) in [5.41, 5.74) is 3.26. The largest absolute Gasteiger partial charge is 0.456 e. The molecular formula is C24H20N2O4. The minimum atomic E-state index is -1.14. The summed E-state index contributed by atoms with van der Waals surface area (Å²) in [6, 6.07) is 18.7. The highest BCUT2D eigenvalue weighted by atomic mass is 16.6. The molecule has 1 spiro atoms. The van der Waals surface area contributed by atoms with Gasteiger partial charge in [-0.25, -0.2) is 4.79 Å². The van der Waals surface area contributed by atoms with Crippen molar-refractivity contribution in [1.29, 1.82) is 0 Å². The zero-order valence-electron chi connectivity index (χ0n) is 16.9. The Kier molecular flexibility index (Phi) is 3.86. The van der Waals surface area contributed by atoms with Crippen molar-refractivity contribution in [1.82, 2.24) is 0 Å².